The predicted molar refractivity (Wildman–Crippen MR) is 125 cm³/mol. The van der Waals surface area contributed by atoms with Gasteiger partial charge in [-0.3, -0.25) is 14.4 Å². The van der Waals surface area contributed by atoms with Crippen molar-refractivity contribution in [2.24, 2.45) is 0 Å². The maximum absolute atomic E-state index is 15.2. The molecule has 5 aromatic rings. The average molecular weight is 493 g/mol. The van der Waals surface area contributed by atoms with Crippen LogP contribution in [0, 0.1) is 18.6 Å². The van der Waals surface area contributed by atoms with Crippen molar-refractivity contribution in [3.05, 3.63) is 71.9 Å². The van der Waals surface area contributed by atoms with E-state index in [1.54, 1.807) is 25.4 Å². The molecule has 1 aliphatic carbocycles. The Kier molecular flexibility index (Phi) is 5.27. The maximum Gasteiger partial charge on any atom is 0.257 e. The fraction of sp³-hybridized carbons (Fsp3) is 0.240. The maximum atomic E-state index is 15.2. The van der Waals surface area contributed by atoms with E-state index < -0.39 is 24.6 Å². The van der Waals surface area contributed by atoms with E-state index in [1.165, 1.54) is 28.7 Å². The zero-order chi connectivity index (χ0) is 25.0. The van der Waals surface area contributed by atoms with Crippen LogP contribution in [0.3, 0.4) is 0 Å². The van der Waals surface area contributed by atoms with Gasteiger partial charge in [0.2, 0.25) is 0 Å². The van der Waals surface area contributed by atoms with Crippen molar-refractivity contribution in [3.8, 4) is 11.3 Å². The van der Waals surface area contributed by atoms with Crippen molar-refractivity contribution >= 4 is 28.2 Å². The molecule has 0 aliphatic heterocycles. The number of aromatic nitrogens is 6. The summed E-state index contributed by atoms with van der Waals surface area (Å²) in [5.41, 5.74) is 2.04. The van der Waals surface area contributed by atoms with Crippen LogP contribution < -0.4 is 4.90 Å². The molecule has 1 aliphatic rings. The molecule has 3 heterocycles. The number of aryl methyl sites for hydroxylation is 1. The average Bonchev–Trinajstić information content (AvgIpc) is 3.64. The Hall–Kier alpha value is -4.15. The molecular formula is C25H19F4N7. The summed E-state index contributed by atoms with van der Waals surface area (Å²) in [4.78, 5) is 14.3. The number of hydrogen-bond donors (Lipinski definition) is 0. The molecule has 0 saturated heterocycles. The molecule has 1 saturated carbocycles. The molecule has 182 valence electrons. The quantitative estimate of drug-likeness (QED) is 0.287. The SMILES string of the molecule is Cc1nnc2nc(N(CC(F)F)c3cc(F)cc(-c4cnc(C5CC5)cn4)c3)c3c(F)cccc3n12. The van der Waals surface area contributed by atoms with Gasteiger partial charge in [-0.2, -0.15) is 4.98 Å². The summed E-state index contributed by atoms with van der Waals surface area (Å²) in [6, 6.07) is 8.21. The van der Waals surface area contributed by atoms with Crippen LogP contribution in [0.2, 0.25) is 0 Å². The van der Waals surface area contributed by atoms with E-state index in [4.69, 9.17) is 0 Å². The minimum absolute atomic E-state index is 0.00654. The third-order valence-electron chi connectivity index (χ3n) is 6.20. The van der Waals surface area contributed by atoms with Crippen molar-refractivity contribution in [2.75, 3.05) is 11.4 Å². The highest BCUT2D eigenvalue weighted by molar-refractivity contribution is 5.94. The molecule has 7 nitrogen and oxygen atoms in total. The fourth-order valence-corrected chi connectivity index (χ4v) is 4.38. The number of hydrogen-bond acceptors (Lipinski definition) is 6. The summed E-state index contributed by atoms with van der Waals surface area (Å²) in [6.45, 7) is 0.825. The van der Waals surface area contributed by atoms with Gasteiger partial charge in [0, 0.05) is 23.4 Å². The van der Waals surface area contributed by atoms with Crippen LogP contribution in [0.4, 0.5) is 29.1 Å². The lowest BCUT2D eigenvalue weighted by molar-refractivity contribution is 0.158. The Bertz CT molecular complexity index is 1600. The number of alkyl halides is 2. The van der Waals surface area contributed by atoms with E-state index >= 15 is 4.39 Å². The molecule has 0 N–H and O–H groups in total. The molecule has 0 radical (unpaired) electrons. The highest BCUT2D eigenvalue weighted by Gasteiger charge is 2.26. The summed E-state index contributed by atoms with van der Waals surface area (Å²) in [5, 5.41) is 7.98. The Morgan fingerprint density at radius 2 is 1.89 bits per heavy atom. The summed E-state index contributed by atoms with van der Waals surface area (Å²) in [6.07, 6.45) is 2.50. The smallest absolute Gasteiger partial charge is 0.257 e. The third kappa shape index (κ3) is 3.90. The number of rotatable bonds is 6. The van der Waals surface area contributed by atoms with Crippen LogP contribution in [0.15, 0.2) is 48.8 Å². The highest BCUT2D eigenvalue weighted by Crippen LogP contribution is 2.39. The highest BCUT2D eigenvalue weighted by atomic mass is 19.3. The topological polar surface area (TPSA) is 72.1 Å². The van der Waals surface area contributed by atoms with Gasteiger partial charge in [-0.05, 0) is 50.1 Å². The number of halogens is 4. The first-order chi connectivity index (χ1) is 17.4. The summed E-state index contributed by atoms with van der Waals surface area (Å²) >= 11 is 0. The molecule has 0 unspecified atom stereocenters. The molecule has 2 aromatic carbocycles. The number of anilines is 2. The third-order valence-corrected chi connectivity index (χ3v) is 6.20. The standard InChI is InChI=1S/C25H19F4N7/c1-13-33-34-25-32-24(23-18(27)3-2-4-21(23)36(13)25)35(12-22(28)29)17-8-15(7-16(26)9-17)20-11-30-19(10-31-20)14-5-6-14/h2-4,7-11,14,22H,5-6,12H2,1H3. The van der Waals surface area contributed by atoms with Crippen LogP contribution in [0.5, 0.6) is 0 Å². The molecule has 36 heavy (non-hydrogen) atoms. The van der Waals surface area contributed by atoms with Crippen LogP contribution in [0.25, 0.3) is 27.9 Å². The molecule has 0 spiro atoms. The van der Waals surface area contributed by atoms with Crippen LogP contribution in [-0.2, 0) is 0 Å². The lowest BCUT2D eigenvalue weighted by atomic mass is 10.1. The minimum Gasteiger partial charge on any atom is -0.320 e. The molecule has 3 aromatic heterocycles. The minimum atomic E-state index is -2.83. The first kappa shape index (κ1) is 22.3. The van der Waals surface area contributed by atoms with Gasteiger partial charge in [0.15, 0.2) is 0 Å². The predicted octanol–water partition coefficient (Wildman–Crippen LogP) is 5.60. The second-order valence-electron chi connectivity index (χ2n) is 8.75. The fourth-order valence-electron chi connectivity index (χ4n) is 4.38. The Morgan fingerprint density at radius 3 is 2.61 bits per heavy atom. The van der Waals surface area contributed by atoms with E-state index in [1.807, 2.05) is 0 Å². The first-order valence-corrected chi connectivity index (χ1v) is 11.4. The van der Waals surface area contributed by atoms with E-state index in [-0.39, 0.29) is 22.7 Å². The van der Waals surface area contributed by atoms with Crippen molar-refractivity contribution in [1.29, 1.82) is 0 Å². The number of fused-ring (bicyclic) bond motifs is 3. The van der Waals surface area contributed by atoms with E-state index in [2.05, 4.69) is 25.1 Å². The van der Waals surface area contributed by atoms with Crippen molar-refractivity contribution in [2.45, 2.75) is 32.1 Å². The van der Waals surface area contributed by atoms with Gasteiger partial charge in [-0.25, -0.2) is 17.6 Å². The van der Waals surface area contributed by atoms with Gasteiger partial charge in [0.1, 0.15) is 23.3 Å². The van der Waals surface area contributed by atoms with E-state index in [9.17, 15) is 13.2 Å². The lowest BCUT2D eigenvalue weighted by Gasteiger charge is -2.26. The van der Waals surface area contributed by atoms with Gasteiger partial charge in [-0.15, -0.1) is 10.2 Å². The lowest BCUT2D eigenvalue weighted by Crippen LogP contribution is -2.26. The van der Waals surface area contributed by atoms with Crippen LogP contribution in [-0.4, -0.2) is 42.5 Å². The normalized spacial score (nSPS) is 13.7. The van der Waals surface area contributed by atoms with Crippen molar-refractivity contribution in [3.63, 3.8) is 0 Å². The van der Waals surface area contributed by atoms with Gasteiger partial charge >= 0.3 is 0 Å². The zero-order valence-electron chi connectivity index (χ0n) is 19.0. The largest absolute Gasteiger partial charge is 0.320 e. The first-order valence-electron chi connectivity index (χ1n) is 11.4. The van der Waals surface area contributed by atoms with Crippen LogP contribution >= 0.6 is 0 Å². The molecule has 11 heteroatoms. The van der Waals surface area contributed by atoms with Crippen LogP contribution in [0.1, 0.15) is 30.3 Å². The van der Waals surface area contributed by atoms with E-state index in [0.29, 0.717) is 28.5 Å². The second-order valence-corrected chi connectivity index (χ2v) is 8.75. The zero-order valence-corrected chi connectivity index (χ0v) is 19.0. The van der Waals surface area contributed by atoms with Gasteiger partial charge in [-0.1, -0.05) is 6.07 Å². The molecule has 1 fully saturated rings. The summed E-state index contributed by atoms with van der Waals surface area (Å²) in [7, 11) is 0. The molecule has 6 rings (SSSR count). The molecule has 0 bridgehead atoms. The second kappa shape index (κ2) is 8.51. The molecular weight excluding hydrogens is 474 g/mol. The molecule has 0 amide bonds. The Balaban J connectivity index is 1.54. The van der Waals surface area contributed by atoms with Gasteiger partial charge in [0.25, 0.3) is 12.2 Å². The van der Waals surface area contributed by atoms with Gasteiger partial charge in [0.05, 0.1) is 35.0 Å². The Morgan fingerprint density at radius 1 is 1.06 bits per heavy atom. The molecule has 0 atom stereocenters. The monoisotopic (exact) mass is 493 g/mol. The van der Waals surface area contributed by atoms with Gasteiger partial charge < -0.3 is 4.90 Å². The number of benzene rings is 2. The van der Waals surface area contributed by atoms with Crippen molar-refractivity contribution < 1.29 is 17.6 Å². The number of nitrogens with zero attached hydrogens (tertiary/aromatic N) is 7. The summed E-state index contributed by atoms with van der Waals surface area (Å²) < 4.78 is 59.1. The summed E-state index contributed by atoms with van der Waals surface area (Å²) in [5.74, 6) is -0.475. The van der Waals surface area contributed by atoms with E-state index in [0.717, 1.165) is 29.5 Å². The van der Waals surface area contributed by atoms with Crippen molar-refractivity contribution in [1.82, 2.24) is 29.5 Å². The Labute approximate surface area is 202 Å².